The van der Waals surface area contributed by atoms with E-state index < -0.39 is 24.8 Å². The van der Waals surface area contributed by atoms with E-state index in [0.29, 0.717) is 5.56 Å². The van der Waals surface area contributed by atoms with Crippen LogP contribution in [-0.4, -0.2) is 23.0 Å². The molecular formula is C11H12NO3-. The van der Waals surface area contributed by atoms with Gasteiger partial charge in [-0.3, -0.25) is 4.99 Å². The molecule has 0 bridgehead atoms. The van der Waals surface area contributed by atoms with Crippen LogP contribution in [0.1, 0.15) is 16.5 Å². The molecule has 1 N–H and O–H groups in total. The summed E-state index contributed by atoms with van der Waals surface area (Å²) < 4.78 is 20.5. The fourth-order valence-corrected chi connectivity index (χ4v) is 1.17. The number of rotatable bonds is 4. The van der Waals surface area contributed by atoms with Crippen LogP contribution in [0.4, 0.5) is 0 Å². The second-order valence-electron chi connectivity index (χ2n) is 2.98. The molecule has 0 saturated heterocycles. The van der Waals surface area contributed by atoms with Crippen LogP contribution < -0.4 is 5.11 Å². The van der Waals surface area contributed by atoms with Gasteiger partial charge in [0.2, 0.25) is 0 Å². The Morgan fingerprint density at radius 1 is 1.60 bits per heavy atom. The van der Waals surface area contributed by atoms with Crippen molar-refractivity contribution in [3.8, 4) is 0 Å². The van der Waals surface area contributed by atoms with Crippen molar-refractivity contribution in [1.82, 2.24) is 0 Å². The molecule has 1 aromatic rings. The summed E-state index contributed by atoms with van der Waals surface area (Å²) in [7, 11) is 0. The number of nitrogens with zero attached hydrogens (tertiary/aromatic N) is 1. The Balaban J connectivity index is 2.89. The molecule has 15 heavy (non-hydrogen) atoms. The van der Waals surface area contributed by atoms with Gasteiger partial charge in [-0.15, -0.1) is 0 Å². The van der Waals surface area contributed by atoms with Gasteiger partial charge in [0, 0.05) is 10.5 Å². The number of carboxylic acids is 1. The molecule has 0 radical (unpaired) electrons. The van der Waals surface area contributed by atoms with Crippen molar-refractivity contribution >= 4 is 11.9 Å². The molecule has 0 aromatic heterocycles. The highest BCUT2D eigenvalue weighted by Crippen LogP contribution is 2.06. The first-order valence-electron chi connectivity index (χ1n) is 5.82. The van der Waals surface area contributed by atoms with Gasteiger partial charge >= 0.3 is 5.97 Å². The molecule has 0 aliphatic carbocycles. The van der Waals surface area contributed by atoms with Gasteiger partial charge in [0.15, 0.2) is 0 Å². The summed E-state index contributed by atoms with van der Waals surface area (Å²) in [6, 6.07) is 7.21. The first-order valence-corrected chi connectivity index (χ1v) is 4.32. The van der Waals surface area contributed by atoms with Crippen LogP contribution in [0.2, 0.25) is 0 Å². The zero-order chi connectivity index (χ0) is 13.8. The molecule has 0 fully saturated rings. The minimum atomic E-state index is -2.90. The van der Waals surface area contributed by atoms with E-state index in [1.807, 2.05) is 0 Å². The third-order valence-electron chi connectivity index (χ3n) is 1.83. The van der Waals surface area contributed by atoms with E-state index >= 15 is 0 Å². The zero-order valence-electron chi connectivity index (χ0n) is 10.9. The van der Waals surface area contributed by atoms with Crippen molar-refractivity contribution in [3.05, 3.63) is 35.9 Å². The molecular weight excluding hydrogens is 194 g/mol. The van der Waals surface area contributed by atoms with Crippen molar-refractivity contribution in [2.24, 2.45) is 4.99 Å². The summed E-state index contributed by atoms with van der Waals surface area (Å²) >= 11 is 0. The number of aliphatic carboxylic acids is 1. The van der Waals surface area contributed by atoms with Gasteiger partial charge in [-0.2, -0.15) is 0 Å². The minimum absolute atomic E-state index is 0.0159. The highest BCUT2D eigenvalue weighted by atomic mass is 16.4. The molecule has 0 saturated carbocycles. The van der Waals surface area contributed by atoms with Gasteiger partial charge in [0.05, 0.1) is 0 Å². The Morgan fingerprint density at radius 2 is 2.27 bits per heavy atom. The number of carbonyl (C=O) groups is 1. The number of benzene rings is 1. The number of carboxylic acid groups (broad SMARTS) is 1. The molecule has 0 aliphatic rings. The maximum absolute atomic E-state index is 11.2. The topological polar surface area (TPSA) is 72.7 Å². The lowest BCUT2D eigenvalue weighted by Crippen LogP contribution is -2.25. The maximum atomic E-state index is 11.2. The summed E-state index contributed by atoms with van der Waals surface area (Å²) in [6.07, 6.45) is -0.0159. The van der Waals surface area contributed by atoms with E-state index in [4.69, 9.17) is 9.22 Å². The average molecular weight is 209 g/mol. The second kappa shape index (κ2) is 5.14. The van der Waals surface area contributed by atoms with Crippen LogP contribution >= 0.6 is 0 Å². The molecule has 0 unspecified atom stereocenters. The number of hydrogen-bond donors (Lipinski definition) is 1. The molecule has 80 valence electrons. The van der Waals surface area contributed by atoms with Gasteiger partial charge in [-0.1, -0.05) is 30.3 Å². The molecule has 0 heterocycles. The lowest BCUT2D eigenvalue weighted by molar-refractivity contribution is -0.216. The smallest absolute Gasteiger partial charge is 0.328 e. The standard InChI is InChI=1S/C11H13NO3/c1-8(13)12-10(11(14)15)7-9-5-3-2-4-6-9/h2-6,10H,7H2,1H3,(H,12,13)(H,14,15)/p-1/t10-/m0/s1/i1D3. The summed E-state index contributed by atoms with van der Waals surface area (Å²) in [5.74, 6) is -2.71. The summed E-state index contributed by atoms with van der Waals surface area (Å²) in [4.78, 5) is 14.2. The number of aliphatic imine (C=N–C) groups is 1. The fourth-order valence-electron chi connectivity index (χ4n) is 1.17. The van der Waals surface area contributed by atoms with Gasteiger partial charge < -0.3 is 10.2 Å². The maximum Gasteiger partial charge on any atom is 0.328 e. The SMILES string of the molecule is [2H]C([2H])([2H])C([O-])=N[C@@H](Cc1ccccc1)C(=O)O. The van der Waals surface area contributed by atoms with Crippen LogP contribution in [-0.2, 0) is 11.2 Å². The highest BCUT2D eigenvalue weighted by Gasteiger charge is 2.15. The van der Waals surface area contributed by atoms with Gasteiger partial charge in [-0.05, 0) is 18.3 Å². The van der Waals surface area contributed by atoms with Gasteiger partial charge in [-0.25, -0.2) is 4.79 Å². The van der Waals surface area contributed by atoms with Crippen molar-refractivity contribution in [1.29, 1.82) is 0 Å². The molecule has 0 amide bonds. The number of hydrogen-bond acceptors (Lipinski definition) is 3. The van der Waals surface area contributed by atoms with E-state index in [0.717, 1.165) is 0 Å². The normalized spacial score (nSPS) is 17.3. The Morgan fingerprint density at radius 3 is 2.80 bits per heavy atom. The van der Waals surface area contributed by atoms with Crippen molar-refractivity contribution < 1.29 is 19.1 Å². The van der Waals surface area contributed by atoms with Crippen LogP contribution in [0.25, 0.3) is 0 Å². The second-order valence-corrected chi connectivity index (χ2v) is 2.98. The molecule has 0 aliphatic heterocycles. The highest BCUT2D eigenvalue weighted by molar-refractivity contribution is 5.78. The summed E-state index contributed by atoms with van der Waals surface area (Å²) in [6.45, 7) is -2.90. The van der Waals surface area contributed by atoms with Crippen LogP contribution in [0.3, 0.4) is 0 Å². The third kappa shape index (κ3) is 3.81. The van der Waals surface area contributed by atoms with E-state index in [9.17, 15) is 9.90 Å². The lowest BCUT2D eigenvalue weighted by atomic mass is 10.1. The molecule has 4 nitrogen and oxygen atoms in total. The molecule has 4 heteroatoms. The molecule has 0 spiro atoms. The molecule has 1 aromatic carbocycles. The molecule has 1 atom stereocenters. The van der Waals surface area contributed by atoms with Crippen molar-refractivity contribution in [2.75, 3.05) is 0 Å². The summed E-state index contributed by atoms with van der Waals surface area (Å²) in [5, 5.41) is 20.1. The van der Waals surface area contributed by atoms with Crippen LogP contribution in [0.15, 0.2) is 35.3 Å². The monoisotopic (exact) mass is 209 g/mol. The van der Waals surface area contributed by atoms with E-state index in [2.05, 4.69) is 4.99 Å². The van der Waals surface area contributed by atoms with Gasteiger partial charge in [0.1, 0.15) is 6.04 Å². The Bertz CT molecular complexity index is 443. The summed E-state index contributed by atoms with van der Waals surface area (Å²) in [5.41, 5.74) is 0.673. The first kappa shape index (κ1) is 7.45. The minimum Gasteiger partial charge on any atom is -0.862 e. The zero-order valence-corrected chi connectivity index (χ0v) is 7.88. The quantitative estimate of drug-likeness (QED) is 0.578. The van der Waals surface area contributed by atoms with E-state index in [1.54, 1.807) is 30.3 Å². The lowest BCUT2D eigenvalue weighted by Gasteiger charge is -2.11. The van der Waals surface area contributed by atoms with Crippen molar-refractivity contribution in [2.45, 2.75) is 19.3 Å². The predicted molar refractivity (Wildman–Crippen MR) is 54.7 cm³/mol. The fraction of sp³-hybridized carbons (Fsp3) is 0.273. The van der Waals surface area contributed by atoms with E-state index in [1.165, 1.54) is 0 Å². The Hall–Kier alpha value is -1.84. The third-order valence-corrected chi connectivity index (χ3v) is 1.83. The Labute approximate surface area is 92.1 Å². The first-order chi connectivity index (χ1) is 8.30. The van der Waals surface area contributed by atoms with E-state index in [-0.39, 0.29) is 6.42 Å². The Kier molecular flexibility index (Phi) is 2.55. The van der Waals surface area contributed by atoms with Gasteiger partial charge in [0.25, 0.3) is 0 Å². The van der Waals surface area contributed by atoms with Crippen molar-refractivity contribution in [3.63, 3.8) is 0 Å². The largest absolute Gasteiger partial charge is 0.862 e. The van der Waals surface area contributed by atoms with Crippen LogP contribution in [0, 0.1) is 0 Å². The van der Waals surface area contributed by atoms with Crippen LogP contribution in [0.5, 0.6) is 0 Å². The predicted octanol–water partition coefficient (Wildman–Crippen LogP) is 0.461. The molecule has 1 rings (SSSR count). The average Bonchev–Trinajstić information content (AvgIpc) is 2.28.